The standard InChI is InChI=1S/C17H20N6O2/c1-3-23(4-2)17(25)15(11-18)21-19-13-7-5-12(6-8-13)14-9-10-16(24)22-20-14/h5-8,19H,3-4,9-10H2,1-2H3,(H,22,24). The van der Waals surface area contributed by atoms with E-state index in [0.717, 1.165) is 11.3 Å². The Labute approximate surface area is 146 Å². The zero-order chi connectivity index (χ0) is 18.2. The van der Waals surface area contributed by atoms with Gasteiger partial charge in [0.1, 0.15) is 6.07 Å². The van der Waals surface area contributed by atoms with Crippen molar-refractivity contribution in [2.24, 2.45) is 10.2 Å². The van der Waals surface area contributed by atoms with Gasteiger partial charge in [-0.05, 0) is 31.5 Å². The second-order valence-electron chi connectivity index (χ2n) is 5.33. The fraction of sp³-hybridized carbons (Fsp3) is 0.353. The van der Waals surface area contributed by atoms with Crippen LogP contribution < -0.4 is 10.9 Å². The summed E-state index contributed by atoms with van der Waals surface area (Å²) < 4.78 is 0. The van der Waals surface area contributed by atoms with Gasteiger partial charge in [-0.1, -0.05) is 12.1 Å². The van der Waals surface area contributed by atoms with E-state index in [2.05, 4.69) is 21.1 Å². The van der Waals surface area contributed by atoms with E-state index < -0.39 is 5.91 Å². The Hall–Kier alpha value is -3.21. The molecule has 1 aromatic rings. The quantitative estimate of drug-likeness (QED) is 0.603. The van der Waals surface area contributed by atoms with E-state index in [9.17, 15) is 9.59 Å². The molecule has 0 aliphatic carbocycles. The van der Waals surface area contributed by atoms with Gasteiger partial charge in [0.25, 0.3) is 5.91 Å². The highest BCUT2D eigenvalue weighted by atomic mass is 16.2. The van der Waals surface area contributed by atoms with Crippen LogP contribution in [0, 0.1) is 11.3 Å². The molecule has 0 spiro atoms. The molecule has 1 aliphatic heterocycles. The summed E-state index contributed by atoms with van der Waals surface area (Å²) in [6.07, 6.45) is 1.01. The van der Waals surface area contributed by atoms with Crippen molar-refractivity contribution in [1.82, 2.24) is 10.3 Å². The van der Waals surface area contributed by atoms with Crippen LogP contribution in [0.5, 0.6) is 0 Å². The summed E-state index contributed by atoms with van der Waals surface area (Å²) in [7, 11) is 0. The number of benzene rings is 1. The molecule has 8 heteroatoms. The van der Waals surface area contributed by atoms with Crippen LogP contribution in [0.25, 0.3) is 0 Å². The molecule has 0 unspecified atom stereocenters. The Balaban J connectivity index is 2.06. The van der Waals surface area contributed by atoms with Gasteiger partial charge in [-0.3, -0.25) is 15.0 Å². The van der Waals surface area contributed by atoms with Crippen LogP contribution in [-0.4, -0.2) is 41.2 Å². The molecular weight excluding hydrogens is 320 g/mol. The van der Waals surface area contributed by atoms with Gasteiger partial charge in [-0.15, -0.1) is 0 Å². The van der Waals surface area contributed by atoms with Gasteiger partial charge >= 0.3 is 0 Å². The summed E-state index contributed by atoms with van der Waals surface area (Å²) in [5.41, 5.74) is 7.35. The number of carbonyl (C=O) groups is 2. The maximum Gasteiger partial charge on any atom is 0.285 e. The molecule has 0 atom stereocenters. The number of amides is 2. The molecule has 1 heterocycles. The Kier molecular flexibility index (Phi) is 6.23. The molecule has 0 radical (unpaired) electrons. The Morgan fingerprint density at radius 1 is 1.32 bits per heavy atom. The Morgan fingerprint density at radius 3 is 2.52 bits per heavy atom. The van der Waals surface area contributed by atoms with Crippen molar-refractivity contribution in [2.45, 2.75) is 26.7 Å². The summed E-state index contributed by atoms with van der Waals surface area (Å²) >= 11 is 0. The summed E-state index contributed by atoms with van der Waals surface area (Å²) in [5, 5.41) is 17.1. The number of nitriles is 1. The van der Waals surface area contributed by atoms with E-state index in [1.165, 1.54) is 4.90 Å². The van der Waals surface area contributed by atoms with Crippen LogP contribution in [0.4, 0.5) is 5.69 Å². The van der Waals surface area contributed by atoms with Gasteiger partial charge < -0.3 is 4.90 Å². The molecule has 1 aliphatic rings. The second-order valence-corrected chi connectivity index (χ2v) is 5.33. The first-order valence-corrected chi connectivity index (χ1v) is 8.08. The van der Waals surface area contributed by atoms with E-state index in [4.69, 9.17) is 5.26 Å². The molecule has 2 amide bonds. The number of anilines is 1. The summed E-state index contributed by atoms with van der Waals surface area (Å²) in [6, 6.07) is 9.05. The highest BCUT2D eigenvalue weighted by Crippen LogP contribution is 2.14. The molecule has 0 bridgehead atoms. The predicted octanol–water partition coefficient (Wildman–Crippen LogP) is 1.46. The number of rotatable bonds is 6. The fourth-order valence-corrected chi connectivity index (χ4v) is 2.32. The largest absolute Gasteiger partial charge is 0.337 e. The predicted molar refractivity (Wildman–Crippen MR) is 95.0 cm³/mol. The molecule has 0 saturated carbocycles. The number of hydrogen-bond donors (Lipinski definition) is 2. The van der Waals surface area contributed by atoms with Gasteiger partial charge in [0.05, 0.1) is 11.4 Å². The van der Waals surface area contributed by atoms with Gasteiger partial charge in [0.15, 0.2) is 0 Å². The van der Waals surface area contributed by atoms with Crippen molar-refractivity contribution in [2.75, 3.05) is 18.5 Å². The number of nitrogens with one attached hydrogen (secondary N) is 2. The van der Waals surface area contributed by atoms with E-state index in [0.29, 0.717) is 31.6 Å². The summed E-state index contributed by atoms with van der Waals surface area (Å²) in [6.45, 7) is 4.73. The number of hydrogen-bond acceptors (Lipinski definition) is 6. The lowest BCUT2D eigenvalue weighted by Gasteiger charge is -2.17. The van der Waals surface area contributed by atoms with Gasteiger partial charge in [-0.2, -0.15) is 15.5 Å². The maximum atomic E-state index is 12.1. The third kappa shape index (κ3) is 4.64. The SMILES string of the molecule is CCN(CC)C(=O)C(C#N)=NNc1ccc(C2=NNC(=O)CC2)cc1. The van der Waals surface area contributed by atoms with E-state index >= 15 is 0 Å². The lowest BCUT2D eigenvalue weighted by atomic mass is 10.0. The zero-order valence-electron chi connectivity index (χ0n) is 14.2. The Morgan fingerprint density at radius 2 is 2.00 bits per heavy atom. The fourth-order valence-electron chi connectivity index (χ4n) is 2.32. The first kappa shape index (κ1) is 18.1. The lowest BCUT2D eigenvalue weighted by molar-refractivity contribution is -0.123. The molecule has 2 rings (SSSR count). The van der Waals surface area contributed by atoms with Gasteiger partial charge in [0, 0.05) is 25.9 Å². The summed E-state index contributed by atoms with van der Waals surface area (Å²) in [4.78, 5) is 24.8. The molecule has 0 aromatic heterocycles. The van der Waals surface area contributed by atoms with E-state index in [1.54, 1.807) is 12.1 Å². The van der Waals surface area contributed by atoms with Crippen molar-refractivity contribution in [3.05, 3.63) is 29.8 Å². The molecule has 8 nitrogen and oxygen atoms in total. The minimum atomic E-state index is -0.399. The van der Waals surface area contributed by atoms with Crippen LogP contribution >= 0.6 is 0 Å². The van der Waals surface area contributed by atoms with Crippen molar-refractivity contribution >= 4 is 28.9 Å². The smallest absolute Gasteiger partial charge is 0.285 e. The molecule has 0 saturated heterocycles. The molecule has 25 heavy (non-hydrogen) atoms. The third-order valence-electron chi connectivity index (χ3n) is 3.78. The average Bonchev–Trinajstić information content (AvgIpc) is 2.64. The van der Waals surface area contributed by atoms with Crippen molar-refractivity contribution in [3.63, 3.8) is 0 Å². The first-order chi connectivity index (χ1) is 12.1. The molecule has 0 fully saturated rings. The van der Waals surface area contributed by atoms with Crippen LogP contribution in [0.1, 0.15) is 32.3 Å². The summed E-state index contributed by atoms with van der Waals surface area (Å²) in [5.74, 6) is -0.484. The number of carbonyl (C=O) groups excluding carboxylic acids is 2. The van der Waals surface area contributed by atoms with E-state index in [1.807, 2.05) is 32.0 Å². The highest BCUT2D eigenvalue weighted by molar-refractivity contribution is 6.45. The molecule has 130 valence electrons. The monoisotopic (exact) mass is 340 g/mol. The lowest BCUT2D eigenvalue weighted by Crippen LogP contribution is -2.36. The molecule has 1 aromatic carbocycles. The van der Waals surface area contributed by atoms with Crippen molar-refractivity contribution < 1.29 is 9.59 Å². The van der Waals surface area contributed by atoms with Crippen molar-refractivity contribution in [1.29, 1.82) is 5.26 Å². The normalized spacial score (nSPS) is 14.2. The average molecular weight is 340 g/mol. The third-order valence-corrected chi connectivity index (χ3v) is 3.78. The highest BCUT2D eigenvalue weighted by Gasteiger charge is 2.17. The molecular formula is C17H20N6O2. The van der Waals surface area contributed by atoms with Gasteiger partial charge in [0.2, 0.25) is 11.6 Å². The topological polar surface area (TPSA) is 110 Å². The van der Waals surface area contributed by atoms with Gasteiger partial charge in [-0.25, -0.2) is 5.43 Å². The van der Waals surface area contributed by atoms with Crippen LogP contribution in [0.3, 0.4) is 0 Å². The van der Waals surface area contributed by atoms with Crippen LogP contribution in [0.2, 0.25) is 0 Å². The van der Waals surface area contributed by atoms with Crippen molar-refractivity contribution in [3.8, 4) is 6.07 Å². The maximum absolute atomic E-state index is 12.1. The zero-order valence-corrected chi connectivity index (χ0v) is 14.2. The van der Waals surface area contributed by atoms with E-state index in [-0.39, 0.29) is 11.6 Å². The Bertz CT molecular complexity index is 741. The number of nitrogens with zero attached hydrogens (tertiary/aromatic N) is 4. The minimum Gasteiger partial charge on any atom is -0.337 e. The minimum absolute atomic E-state index is 0.0849. The van der Waals surface area contributed by atoms with Crippen LogP contribution in [-0.2, 0) is 9.59 Å². The second kappa shape index (κ2) is 8.59. The first-order valence-electron chi connectivity index (χ1n) is 8.08. The molecule has 2 N–H and O–H groups in total. The van der Waals surface area contributed by atoms with Crippen LogP contribution in [0.15, 0.2) is 34.5 Å². The number of hydrazone groups is 2.